The summed E-state index contributed by atoms with van der Waals surface area (Å²) in [4.78, 5) is 16.2. The summed E-state index contributed by atoms with van der Waals surface area (Å²) in [5.74, 6) is 5.44. The van der Waals surface area contributed by atoms with Gasteiger partial charge in [-0.1, -0.05) is 17.0 Å². The lowest BCUT2D eigenvalue weighted by Gasteiger charge is -1.85. The molecule has 5 heteroatoms. The summed E-state index contributed by atoms with van der Waals surface area (Å²) in [6.07, 6.45) is 2.01. The molecule has 0 aliphatic carbocycles. The van der Waals surface area contributed by atoms with Gasteiger partial charge in [0.15, 0.2) is 0 Å². The Kier molecular flexibility index (Phi) is 3.86. The summed E-state index contributed by atoms with van der Waals surface area (Å²) in [5, 5.41) is 3.32. The maximum Gasteiger partial charge on any atom is 0.263 e. The van der Waals surface area contributed by atoms with Crippen LogP contribution >= 0.6 is 0 Å². The van der Waals surface area contributed by atoms with Crippen molar-refractivity contribution in [2.45, 2.75) is 6.42 Å². The lowest BCUT2D eigenvalue weighted by molar-refractivity contribution is 1.01. The van der Waals surface area contributed by atoms with Crippen molar-refractivity contribution in [2.75, 3.05) is 6.54 Å². The number of hydrogen-bond acceptors (Lipinski definition) is 2. The zero-order valence-electron chi connectivity index (χ0n) is 7.40. The lowest BCUT2D eigenvalue weighted by Crippen LogP contribution is -2.07. The molecule has 0 unspecified atom stereocenters. The van der Waals surface area contributed by atoms with E-state index in [0.29, 0.717) is 18.5 Å². The Morgan fingerprint density at radius 2 is 2.50 bits per heavy atom. The monoisotopic (exact) mass is 188 g/mol. The molecule has 0 spiro atoms. The van der Waals surface area contributed by atoms with Crippen LogP contribution in [0.15, 0.2) is 28.2 Å². The van der Waals surface area contributed by atoms with Gasteiger partial charge in [0.1, 0.15) is 0 Å². The van der Waals surface area contributed by atoms with E-state index in [1.807, 2.05) is 0 Å². The van der Waals surface area contributed by atoms with Crippen molar-refractivity contribution in [3.05, 3.63) is 44.7 Å². The van der Waals surface area contributed by atoms with Gasteiger partial charge in [-0.05, 0) is 17.7 Å². The predicted octanol–water partition coefficient (Wildman–Crippen LogP) is 1.43. The Morgan fingerprint density at radius 1 is 1.64 bits per heavy atom. The molecule has 0 aliphatic rings. The molecule has 14 heavy (non-hydrogen) atoms. The first-order chi connectivity index (χ1) is 6.84. The van der Waals surface area contributed by atoms with E-state index in [9.17, 15) is 4.79 Å². The van der Waals surface area contributed by atoms with Crippen molar-refractivity contribution >= 4 is 0 Å². The summed E-state index contributed by atoms with van der Waals surface area (Å²) in [6, 6.07) is 3.35. The number of rotatable bonds is 2. The molecule has 5 nitrogen and oxygen atoms in total. The number of hydrogen-bond donors (Lipinski definition) is 1. The maximum absolute atomic E-state index is 11.1. The summed E-state index contributed by atoms with van der Waals surface area (Å²) < 4.78 is 0. The first kappa shape index (κ1) is 9.90. The zero-order valence-corrected chi connectivity index (χ0v) is 7.40. The molecule has 0 fully saturated rings. The molecular weight excluding hydrogens is 180 g/mol. The summed E-state index contributed by atoms with van der Waals surface area (Å²) in [6.45, 7) is 0.328. The number of pyridine rings is 1. The fourth-order valence-corrected chi connectivity index (χ4v) is 0.828. The third-order valence-electron chi connectivity index (χ3n) is 1.44. The van der Waals surface area contributed by atoms with E-state index in [1.165, 1.54) is 0 Å². The van der Waals surface area contributed by atoms with Crippen LogP contribution in [0, 0.1) is 11.8 Å². The van der Waals surface area contributed by atoms with Crippen LogP contribution in [-0.2, 0) is 0 Å². The van der Waals surface area contributed by atoms with Gasteiger partial charge < -0.3 is 4.98 Å². The Bertz CT molecular complexity index is 459. The Hall–Kier alpha value is -2.18. The van der Waals surface area contributed by atoms with Crippen LogP contribution in [0.2, 0.25) is 0 Å². The van der Waals surface area contributed by atoms with Crippen LogP contribution in [-0.4, -0.2) is 11.5 Å². The van der Waals surface area contributed by atoms with Crippen LogP contribution in [0.4, 0.5) is 0 Å². The molecule has 0 saturated heterocycles. The summed E-state index contributed by atoms with van der Waals surface area (Å²) >= 11 is 0. The predicted molar refractivity (Wildman–Crippen MR) is 52.6 cm³/mol. The second kappa shape index (κ2) is 5.46. The first-order valence-corrected chi connectivity index (χ1v) is 4.02. The van der Waals surface area contributed by atoms with Crippen LogP contribution in [0.5, 0.6) is 0 Å². The molecule has 0 atom stereocenters. The molecule has 1 aromatic rings. The molecule has 0 amide bonds. The van der Waals surface area contributed by atoms with Crippen LogP contribution < -0.4 is 5.56 Å². The van der Waals surface area contributed by atoms with Gasteiger partial charge in [0, 0.05) is 24.1 Å². The van der Waals surface area contributed by atoms with Gasteiger partial charge in [0.25, 0.3) is 5.56 Å². The lowest BCUT2D eigenvalue weighted by atomic mass is 10.3. The highest BCUT2D eigenvalue weighted by Gasteiger charge is 1.89. The molecule has 1 aromatic heterocycles. The van der Waals surface area contributed by atoms with Crippen LogP contribution in [0.1, 0.15) is 12.0 Å². The van der Waals surface area contributed by atoms with Gasteiger partial charge >= 0.3 is 0 Å². The fourth-order valence-electron chi connectivity index (χ4n) is 0.828. The summed E-state index contributed by atoms with van der Waals surface area (Å²) in [7, 11) is 0. The van der Waals surface area contributed by atoms with E-state index in [2.05, 4.69) is 26.9 Å². The van der Waals surface area contributed by atoms with Gasteiger partial charge in [-0.3, -0.25) is 4.79 Å². The molecule has 0 saturated carbocycles. The average molecular weight is 188 g/mol. The van der Waals surface area contributed by atoms with Crippen molar-refractivity contribution in [1.29, 1.82) is 0 Å². The van der Waals surface area contributed by atoms with E-state index in [1.54, 1.807) is 18.3 Å². The van der Waals surface area contributed by atoms with Crippen molar-refractivity contribution in [2.24, 2.45) is 5.11 Å². The number of aromatic nitrogens is 1. The number of nitrogens with zero attached hydrogens (tertiary/aromatic N) is 3. The molecule has 1 heterocycles. The maximum atomic E-state index is 11.1. The molecule has 1 rings (SSSR count). The quantitative estimate of drug-likeness (QED) is 0.246. The molecule has 0 bridgehead atoms. The Morgan fingerprint density at radius 3 is 3.21 bits per heavy atom. The third-order valence-corrected chi connectivity index (χ3v) is 1.44. The van der Waals surface area contributed by atoms with Crippen LogP contribution in [0.3, 0.4) is 0 Å². The molecular formula is C9H8N4O. The van der Waals surface area contributed by atoms with E-state index < -0.39 is 0 Å². The van der Waals surface area contributed by atoms with Gasteiger partial charge in [-0.2, -0.15) is 0 Å². The Labute approximate surface area is 80.4 Å². The van der Waals surface area contributed by atoms with E-state index in [4.69, 9.17) is 5.53 Å². The third kappa shape index (κ3) is 3.05. The largest absolute Gasteiger partial charge is 0.328 e. The van der Waals surface area contributed by atoms with Gasteiger partial charge in [0.2, 0.25) is 0 Å². The standard InChI is InChI=1S/C9H8N4O/c10-13-12-7-2-1-4-8-5-3-6-11-9(8)14/h3,5-6H,2,7H2,(H,11,14). The highest BCUT2D eigenvalue weighted by molar-refractivity contribution is 5.31. The number of azide groups is 1. The van der Waals surface area contributed by atoms with E-state index in [-0.39, 0.29) is 5.56 Å². The van der Waals surface area contributed by atoms with E-state index in [0.717, 1.165) is 0 Å². The minimum Gasteiger partial charge on any atom is -0.328 e. The normalized spacial score (nSPS) is 8.29. The molecule has 0 aliphatic heterocycles. The molecule has 70 valence electrons. The minimum atomic E-state index is -0.205. The molecule has 0 aromatic carbocycles. The second-order valence-electron chi connectivity index (χ2n) is 2.42. The first-order valence-electron chi connectivity index (χ1n) is 4.02. The van der Waals surface area contributed by atoms with Crippen LogP contribution in [0.25, 0.3) is 10.4 Å². The fraction of sp³-hybridized carbons (Fsp3) is 0.222. The zero-order chi connectivity index (χ0) is 10.2. The SMILES string of the molecule is [N-]=[N+]=NCCC#Cc1ccc[nH]c1=O. The summed E-state index contributed by atoms with van der Waals surface area (Å²) in [5.41, 5.74) is 8.20. The van der Waals surface area contributed by atoms with Crippen molar-refractivity contribution in [3.63, 3.8) is 0 Å². The molecule has 1 N–H and O–H groups in total. The second-order valence-corrected chi connectivity index (χ2v) is 2.42. The van der Waals surface area contributed by atoms with E-state index >= 15 is 0 Å². The van der Waals surface area contributed by atoms with Crippen molar-refractivity contribution in [1.82, 2.24) is 4.98 Å². The van der Waals surface area contributed by atoms with Gasteiger partial charge in [-0.15, -0.1) is 0 Å². The number of H-pyrrole nitrogens is 1. The number of aromatic amines is 1. The Balaban J connectivity index is 2.64. The molecule has 0 radical (unpaired) electrons. The average Bonchev–Trinajstić information content (AvgIpc) is 2.20. The van der Waals surface area contributed by atoms with Gasteiger partial charge in [-0.25, -0.2) is 0 Å². The van der Waals surface area contributed by atoms with Gasteiger partial charge in [0.05, 0.1) is 5.56 Å². The smallest absolute Gasteiger partial charge is 0.263 e. The topological polar surface area (TPSA) is 81.6 Å². The number of nitrogens with one attached hydrogen (secondary N) is 1. The van der Waals surface area contributed by atoms with Crippen molar-refractivity contribution < 1.29 is 0 Å². The highest BCUT2D eigenvalue weighted by Crippen LogP contribution is 1.86. The van der Waals surface area contributed by atoms with Crippen molar-refractivity contribution in [3.8, 4) is 11.8 Å². The highest BCUT2D eigenvalue weighted by atomic mass is 16.1. The minimum absolute atomic E-state index is 0.205.